The molecule has 0 saturated carbocycles. The molecule has 1 heterocycles. The van der Waals surface area contributed by atoms with Crippen LogP contribution in [0.25, 0.3) is 5.69 Å². The lowest BCUT2D eigenvalue weighted by molar-refractivity contribution is -0.479. The van der Waals surface area contributed by atoms with Gasteiger partial charge in [-0.3, -0.25) is 14.7 Å². The first-order valence-electron chi connectivity index (χ1n) is 11.9. The first-order valence-corrected chi connectivity index (χ1v) is 13.5. The maximum atomic E-state index is 11.6. The summed E-state index contributed by atoms with van der Waals surface area (Å²) in [6.45, 7) is 6.03. The second kappa shape index (κ2) is 12.5. The maximum absolute atomic E-state index is 11.6. The van der Waals surface area contributed by atoms with Crippen LogP contribution in [-0.4, -0.2) is 32.8 Å². The Bertz CT molecular complexity index is 1430. The summed E-state index contributed by atoms with van der Waals surface area (Å²) in [4.78, 5) is 11.3. The summed E-state index contributed by atoms with van der Waals surface area (Å²) < 4.78 is 13.7. The van der Waals surface area contributed by atoms with Crippen molar-refractivity contribution in [2.24, 2.45) is 0 Å². The average Bonchev–Trinajstić information content (AvgIpc) is 3.24. The number of hydrogen-bond donors (Lipinski definition) is 0. The van der Waals surface area contributed by atoms with E-state index in [1.54, 1.807) is 30.3 Å². The Hall–Kier alpha value is -3.27. The van der Waals surface area contributed by atoms with E-state index < -0.39 is 5.25 Å². The van der Waals surface area contributed by atoms with Crippen LogP contribution in [0.1, 0.15) is 34.7 Å². The number of ether oxygens (including phenoxy) is 2. The van der Waals surface area contributed by atoms with Gasteiger partial charge in [-0.1, -0.05) is 64.8 Å². The normalized spacial score (nSPS) is 11.8. The molecular formula is C27H26Cl2N4O4S. The quantitative estimate of drug-likeness (QED) is 0.106. The predicted octanol–water partition coefficient (Wildman–Crippen LogP) is 7.28. The van der Waals surface area contributed by atoms with Crippen molar-refractivity contribution in [1.82, 2.24) is 14.8 Å². The molecule has 4 aromatic rings. The Morgan fingerprint density at radius 2 is 1.76 bits per heavy atom. The molecular weight excluding hydrogens is 547 g/mol. The molecule has 0 aliphatic heterocycles. The van der Waals surface area contributed by atoms with Crippen molar-refractivity contribution in [3.63, 3.8) is 0 Å². The molecule has 11 heteroatoms. The molecule has 38 heavy (non-hydrogen) atoms. The zero-order valence-electron chi connectivity index (χ0n) is 21.1. The summed E-state index contributed by atoms with van der Waals surface area (Å²) in [5.74, 6) is 1.68. The second-order valence-electron chi connectivity index (χ2n) is 8.49. The van der Waals surface area contributed by atoms with Crippen molar-refractivity contribution in [3.8, 4) is 17.2 Å². The number of thioether (sulfide) groups is 1. The first kappa shape index (κ1) is 27.8. The van der Waals surface area contributed by atoms with Crippen LogP contribution in [0.4, 0.5) is 0 Å². The van der Waals surface area contributed by atoms with Crippen LogP contribution in [-0.2, 0) is 6.61 Å². The minimum Gasteiger partial charge on any atom is -0.490 e. The van der Waals surface area contributed by atoms with Gasteiger partial charge >= 0.3 is 0 Å². The summed E-state index contributed by atoms with van der Waals surface area (Å²) in [7, 11) is 0. The molecule has 1 aromatic heterocycles. The molecule has 0 N–H and O–H groups in total. The van der Waals surface area contributed by atoms with Crippen molar-refractivity contribution in [2.45, 2.75) is 37.8 Å². The van der Waals surface area contributed by atoms with Crippen LogP contribution in [0, 0.1) is 24.0 Å². The lowest BCUT2D eigenvalue weighted by Crippen LogP contribution is -2.12. The van der Waals surface area contributed by atoms with Crippen LogP contribution in [0.5, 0.6) is 11.5 Å². The number of benzene rings is 3. The Labute approximate surface area is 235 Å². The van der Waals surface area contributed by atoms with Crippen LogP contribution < -0.4 is 9.47 Å². The van der Waals surface area contributed by atoms with Gasteiger partial charge in [0, 0.05) is 26.2 Å². The van der Waals surface area contributed by atoms with Gasteiger partial charge in [0.15, 0.2) is 16.7 Å². The molecule has 0 aliphatic carbocycles. The fraction of sp³-hybridized carbons (Fsp3) is 0.259. The topological polar surface area (TPSA) is 92.3 Å². The van der Waals surface area contributed by atoms with Crippen molar-refractivity contribution >= 4 is 35.0 Å². The Morgan fingerprint density at radius 3 is 2.45 bits per heavy atom. The average molecular weight is 574 g/mol. The highest BCUT2D eigenvalue weighted by atomic mass is 35.5. The van der Waals surface area contributed by atoms with Gasteiger partial charge in [-0.05, 0) is 62.7 Å². The summed E-state index contributed by atoms with van der Waals surface area (Å²) in [5, 5.41) is 21.2. The van der Waals surface area contributed by atoms with E-state index in [1.807, 2.05) is 55.7 Å². The van der Waals surface area contributed by atoms with Gasteiger partial charge in [0.1, 0.15) is 17.7 Å². The van der Waals surface area contributed by atoms with Gasteiger partial charge in [-0.25, -0.2) is 0 Å². The van der Waals surface area contributed by atoms with Gasteiger partial charge in [0.25, 0.3) is 0 Å². The summed E-state index contributed by atoms with van der Waals surface area (Å²) in [6.07, 6.45) is 0. The monoisotopic (exact) mass is 572 g/mol. The third kappa shape index (κ3) is 6.78. The number of hydrogen-bond acceptors (Lipinski definition) is 7. The minimum atomic E-state index is -0.545. The van der Waals surface area contributed by atoms with Crippen LogP contribution in [0.15, 0.2) is 65.8 Å². The standard InChI is InChI=1S/C27H26Cl2N4O4S/c1-4-36-25-13-19(8-12-24(25)37-16-20-7-9-21(28)14-23(20)29)26(15-32(34)35)38-27-31-30-18(3)33(27)22-10-5-17(2)6-11-22/h5-14,26H,4,15-16H2,1-3H3/t26-/m0/s1. The van der Waals surface area contributed by atoms with Crippen LogP contribution >= 0.6 is 35.0 Å². The molecule has 8 nitrogen and oxygen atoms in total. The van der Waals surface area contributed by atoms with Gasteiger partial charge in [0.2, 0.25) is 6.54 Å². The molecule has 0 bridgehead atoms. The largest absolute Gasteiger partial charge is 0.490 e. The van der Waals surface area contributed by atoms with Crippen LogP contribution in [0.3, 0.4) is 0 Å². The molecule has 0 saturated heterocycles. The van der Waals surface area contributed by atoms with Gasteiger partial charge in [-0.15, -0.1) is 10.2 Å². The predicted molar refractivity (Wildman–Crippen MR) is 150 cm³/mol. The minimum absolute atomic E-state index is 0.210. The highest BCUT2D eigenvalue weighted by Gasteiger charge is 2.25. The Kier molecular flexibility index (Phi) is 9.14. The Morgan fingerprint density at radius 1 is 1.00 bits per heavy atom. The number of nitrogens with zero attached hydrogens (tertiary/aromatic N) is 4. The molecule has 0 radical (unpaired) electrons. The van der Waals surface area contributed by atoms with E-state index in [0.717, 1.165) is 16.8 Å². The zero-order chi connectivity index (χ0) is 27.2. The smallest absolute Gasteiger partial charge is 0.220 e. The first-order chi connectivity index (χ1) is 18.2. The zero-order valence-corrected chi connectivity index (χ0v) is 23.4. The lowest BCUT2D eigenvalue weighted by Gasteiger charge is -2.18. The summed E-state index contributed by atoms with van der Waals surface area (Å²) in [6, 6.07) is 18.5. The van der Waals surface area contributed by atoms with E-state index in [4.69, 9.17) is 32.7 Å². The van der Waals surface area contributed by atoms with E-state index in [-0.39, 0.29) is 18.1 Å². The van der Waals surface area contributed by atoms with Gasteiger partial charge in [-0.2, -0.15) is 0 Å². The third-order valence-electron chi connectivity index (χ3n) is 5.69. The number of nitro groups is 1. The number of rotatable bonds is 11. The van der Waals surface area contributed by atoms with E-state index in [1.165, 1.54) is 11.8 Å². The highest BCUT2D eigenvalue weighted by Crippen LogP contribution is 2.40. The fourth-order valence-corrected chi connectivity index (χ4v) is 5.42. The molecule has 0 amide bonds. The molecule has 198 valence electrons. The lowest BCUT2D eigenvalue weighted by atomic mass is 10.1. The molecule has 0 fully saturated rings. The van der Waals surface area contributed by atoms with Crippen molar-refractivity contribution < 1.29 is 14.4 Å². The molecule has 0 unspecified atom stereocenters. The number of aromatic nitrogens is 3. The molecule has 4 rings (SSSR count). The summed E-state index contributed by atoms with van der Waals surface area (Å²) in [5.41, 5.74) is 3.50. The SMILES string of the molecule is CCOc1cc([C@H](C[N+](=O)[O-])Sc2nnc(C)n2-c2ccc(C)cc2)ccc1OCc1ccc(Cl)cc1Cl. The van der Waals surface area contributed by atoms with Gasteiger partial charge in [0.05, 0.1) is 6.61 Å². The second-order valence-corrected chi connectivity index (χ2v) is 10.5. The van der Waals surface area contributed by atoms with Crippen molar-refractivity contribution in [2.75, 3.05) is 13.2 Å². The Balaban J connectivity index is 1.62. The van der Waals surface area contributed by atoms with Crippen molar-refractivity contribution in [3.05, 3.63) is 103 Å². The molecule has 0 spiro atoms. The number of aryl methyl sites for hydroxylation is 2. The highest BCUT2D eigenvalue weighted by molar-refractivity contribution is 7.99. The van der Waals surface area contributed by atoms with Crippen molar-refractivity contribution in [1.29, 1.82) is 0 Å². The third-order valence-corrected chi connectivity index (χ3v) is 7.46. The van der Waals surface area contributed by atoms with E-state index in [2.05, 4.69) is 10.2 Å². The molecule has 1 atom stereocenters. The fourth-order valence-electron chi connectivity index (χ4n) is 3.79. The van der Waals surface area contributed by atoms with E-state index in [0.29, 0.717) is 44.7 Å². The molecule has 0 aliphatic rings. The number of halogens is 2. The van der Waals surface area contributed by atoms with Gasteiger partial charge < -0.3 is 9.47 Å². The summed E-state index contributed by atoms with van der Waals surface area (Å²) >= 11 is 13.6. The van der Waals surface area contributed by atoms with E-state index >= 15 is 0 Å². The van der Waals surface area contributed by atoms with E-state index in [9.17, 15) is 10.1 Å². The maximum Gasteiger partial charge on any atom is 0.220 e. The molecule has 3 aromatic carbocycles. The van der Waals surface area contributed by atoms with Crippen LogP contribution in [0.2, 0.25) is 10.0 Å².